The predicted octanol–water partition coefficient (Wildman–Crippen LogP) is 2.88. The number of aromatic nitrogens is 1. The average molecular weight is 325 g/mol. The highest BCUT2D eigenvalue weighted by Crippen LogP contribution is 2.17. The molecule has 0 aliphatic carbocycles. The van der Waals surface area contributed by atoms with Crippen molar-refractivity contribution in [2.45, 2.75) is 33.6 Å². The molecule has 0 radical (unpaired) electrons. The van der Waals surface area contributed by atoms with Crippen LogP contribution in [0, 0.1) is 38.0 Å². The molecule has 1 heterocycles. The molecular formula is C18H19N3O3. The van der Waals surface area contributed by atoms with Crippen LogP contribution in [-0.4, -0.2) is 16.8 Å². The Morgan fingerprint density at radius 2 is 2.08 bits per heavy atom. The van der Waals surface area contributed by atoms with Crippen molar-refractivity contribution in [3.63, 3.8) is 0 Å². The molecule has 0 saturated carbocycles. The first kappa shape index (κ1) is 17.4. The van der Waals surface area contributed by atoms with Crippen LogP contribution in [0.15, 0.2) is 28.8 Å². The van der Waals surface area contributed by atoms with Gasteiger partial charge in [-0.05, 0) is 44.9 Å². The van der Waals surface area contributed by atoms with Crippen LogP contribution >= 0.6 is 0 Å². The SMILES string of the molecule is Cc1cccc(NC(=O)[C@H](C#N)C(=O)CCc2c(C)noc2C)c1. The monoisotopic (exact) mass is 325 g/mol. The molecule has 124 valence electrons. The molecule has 1 atom stereocenters. The molecule has 0 saturated heterocycles. The maximum atomic E-state index is 12.3. The van der Waals surface area contributed by atoms with Gasteiger partial charge in [-0.1, -0.05) is 17.3 Å². The Hall–Kier alpha value is -2.94. The fraction of sp³-hybridized carbons (Fsp3) is 0.333. The third-order valence-corrected chi connectivity index (χ3v) is 3.80. The summed E-state index contributed by atoms with van der Waals surface area (Å²) in [6.45, 7) is 5.46. The summed E-state index contributed by atoms with van der Waals surface area (Å²) in [6, 6.07) is 8.98. The highest BCUT2D eigenvalue weighted by molar-refractivity contribution is 6.09. The van der Waals surface area contributed by atoms with Gasteiger partial charge >= 0.3 is 0 Å². The second-order valence-electron chi connectivity index (χ2n) is 5.69. The van der Waals surface area contributed by atoms with Crippen molar-refractivity contribution in [1.82, 2.24) is 5.16 Å². The van der Waals surface area contributed by atoms with E-state index in [1.165, 1.54) is 0 Å². The van der Waals surface area contributed by atoms with Crippen LogP contribution in [0.3, 0.4) is 0 Å². The first-order valence-corrected chi connectivity index (χ1v) is 7.64. The number of amides is 1. The molecule has 0 spiro atoms. The van der Waals surface area contributed by atoms with Crippen molar-refractivity contribution < 1.29 is 14.1 Å². The normalized spacial score (nSPS) is 11.6. The van der Waals surface area contributed by atoms with Gasteiger partial charge in [0.25, 0.3) is 0 Å². The third kappa shape index (κ3) is 4.07. The zero-order valence-corrected chi connectivity index (χ0v) is 13.9. The molecule has 24 heavy (non-hydrogen) atoms. The molecule has 2 rings (SSSR count). The van der Waals surface area contributed by atoms with E-state index in [2.05, 4.69) is 10.5 Å². The molecule has 0 unspecified atom stereocenters. The lowest BCUT2D eigenvalue weighted by Gasteiger charge is -2.10. The maximum absolute atomic E-state index is 12.3. The highest BCUT2D eigenvalue weighted by atomic mass is 16.5. The van der Waals surface area contributed by atoms with Crippen molar-refractivity contribution in [1.29, 1.82) is 5.26 Å². The third-order valence-electron chi connectivity index (χ3n) is 3.80. The molecular weight excluding hydrogens is 306 g/mol. The van der Waals surface area contributed by atoms with Crippen molar-refractivity contribution >= 4 is 17.4 Å². The Morgan fingerprint density at radius 1 is 1.33 bits per heavy atom. The molecule has 1 aromatic heterocycles. The number of aryl methyl sites for hydroxylation is 3. The zero-order chi connectivity index (χ0) is 17.7. The molecule has 0 fully saturated rings. The van der Waals surface area contributed by atoms with E-state index >= 15 is 0 Å². The minimum Gasteiger partial charge on any atom is -0.361 e. The van der Waals surface area contributed by atoms with E-state index in [0.29, 0.717) is 17.9 Å². The van der Waals surface area contributed by atoms with Crippen molar-refractivity contribution in [2.75, 3.05) is 5.32 Å². The summed E-state index contributed by atoms with van der Waals surface area (Å²) in [7, 11) is 0. The number of hydrogen-bond acceptors (Lipinski definition) is 5. The number of nitrogens with zero attached hydrogens (tertiary/aromatic N) is 2. The van der Waals surface area contributed by atoms with Gasteiger partial charge in [-0.2, -0.15) is 5.26 Å². The van der Waals surface area contributed by atoms with Crippen LogP contribution in [0.2, 0.25) is 0 Å². The number of nitrogens with one attached hydrogen (secondary N) is 1. The van der Waals surface area contributed by atoms with E-state index in [-0.39, 0.29) is 6.42 Å². The molecule has 2 aromatic rings. The summed E-state index contributed by atoms with van der Waals surface area (Å²) < 4.78 is 5.05. The van der Waals surface area contributed by atoms with Crippen LogP contribution in [0.4, 0.5) is 5.69 Å². The van der Waals surface area contributed by atoms with Gasteiger partial charge in [0.05, 0.1) is 11.8 Å². The number of carbonyl (C=O) groups is 2. The smallest absolute Gasteiger partial charge is 0.249 e. The summed E-state index contributed by atoms with van der Waals surface area (Å²) in [5.74, 6) is -1.70. The number of carbonyl (C=O) groups excluding carboxylic acids is 2. The standard InChI is InChI=1S/C18H19N3O3/c1-11-5-4-6-14(9-11)20-18(23)16(10-19)17(22)8-7-15-12(2)21-24-13(15)3/h4-6,9,16H,7-8H2,1-3H3,(H,20,23)/t16-/m1/s1. The Balaban J connectivity index is 2.00. The molecule has 0 aliphatic heterocycles. The fourth-order valence-corrected chi connectivity index (χ4v) is 2.47. The number of rotatable bonds is 6. The Bertz CT molecular complexity index is 783. The van der Waals surface area contributed by atoms with Gasteiger partial charge in [0.15, 0.2) is 11.7 Å². The summed E-state index contributed by atoms with van der Waals surface area (Å²) in [6.07, 6.45) is 0.484. The van der Waals surface area contributed by atoms with Crippen molar-refractivity contribution in [3.8, 4) is 6.07 Å². The quantitative estimate of drug-likeness (QED) is 0.824. The van der Waals surface area contributed by atoms with E-state index < -0.39 is 17.6 Å². The minimum atomic E-state index is -1.33. The molecule has 0 bridgehead atoms. The van der Waals surface area contributed by atoms with Gasteiger partial charge in [-0.3, -0.25) is 9.59 Å². The Labute approximate surface area is 140 Å². The molecule has 0 aliphatic rings. The Kier molecular flexibility index (Phi) is 5.48. The van der Waals surface area contributed by atoms with Gasteiger partial charge in [0.2, 0.25) is 5.91 Å². The van der Waals surface area contributed by atoms with Crippen molar-refractivity contribution in [2.24, 2.45) is 5.92 Å². The highest BCUT2D eigenvalue weighted by Gasteiger charge is 2.26. The summed E-state index contributed by atoms with van der Waals surface area (Å²) in [5.41, 5.74) is 3.11. The van der Waals surface area contributed by atoms with Crippen molar-refractivity contribution in [3.05, 3.63) is 46.8 Å². The van der Waals surface area contributed by atoms with E-state index in [4.69, 9.17) is 4.52 Å². The Morgan fingerprint density at radius 3 is 2.67 bits per heavy atom. The van der Waals surface area contributed by atoms with Gasteiger partial charge in [-0.15, -0.1) is 0 Å². The van der Waals surface area contributed by atoms with Gasteiger partial charge in [0, 0.05) is 17.7 Å². The average Bonchev–Trinajstić information content (AvgIpc) is 2.84. The second-order valence-corrected chi connectivity index (χ2v) is 5.69. The van der Waals surface area contributed by atoms with Gasteiger partial charge in [-0.25, -0.2) is 0 Å². The van der Waals surface area contributed by atoms with Crippen LogP contribution in [0.5, 0.6) is 0 Å². The lowest BCUT2D eigenvalue weighted by molar-refractivity contribution is -0.128. The first-order chi connectivity index (χ1) is 11.4. The van der Waals surface area contributed by atoms with Crippen LogP contribution < -0.4 is 5.32 Å². The van der Waals surface area contributed by atoms with E-state index in [1.807, 2.05) is 13.0 Å². The zero-order valence-electron chi connectivity index (χ0n) is 13.9. The molecule has 1 N–H and O–H groups in total. The molecule has 6 nitrogen and oxygen atoms in total. The number of hydrogen-bond donors (Lipinski definition) is 1. The lowest BCUT2D eigenvalue weighted by atomic mass is 9.97. The minimum absolute atomic E-state index is 0.0857. The number of anilines is 1. The second kappa shape index (κ2) is 7.55. The summed E-state index contributed by atoms with van der Waals surface area (Å²) in [4.78, 5) is 24.5. The van der Waals surface area contributed by atoms with Crippen LogP contribution in [0.1, 0.15) is 29.0 Å². The number of Topliss-reactive ketones (excluding diaryl/α,β-unsaturated/α-hetero) is 1. The van der Waals surface area contributed by atoms with E-state index in [1.54, 1.807) is 38.1 Å². The number of nitriles is 1. The summed E-state index contributed by atoms with van der Waals surface area (Å²) in [5, 5.41) is 15.6. The fourth-order valence-electron chi connectivity index (χ4n) is 2.47. The lowest BCUT2D eigenvalue weighted by Crippen LogP contribution is -2.28. The van der Waals surface area contributed by atoms with Crippen LogP contribution in [0.25, 0.3) is 0 Å². The first-order valence-electron chi connectivity index (χ1n) is 7.64. The molecule has 1 aromatic carbocycles. The van der Waals surface area contributed by atoms with Gasteiger partial charge < -0.3 is 9.84 Å². The van der Waals surface area contributed by atoms with E-state index in [9.17, 15) is 14.9 Å². The number of benzene rings is 1. The predicted molar refractivity (Wildman–Crippen MR) is 88.2 cm³/mol. The van der Waals surface area contributed by atoms with E-state index in [0.717, 1.165) is 16.8 Å². The maximum Gasteiger partial charge on any atom is 0.249 e. The van der Waals surface area contributed by atoms with Gasteiger partial charge in [0.1, 0.15) is 5.76 Å². The summed E-state index contributed by atoms with van der Waals surface area (Å²) >= 11 is 0. The van der Waals surface area contributed by atoms with Crippen LogP contribution in [-0.2, 0) is 16.0 Å². The molecule has 6 heteroatoms. The molecule has 1 amide bonds. The topological polar surface area (TPSA) is 96.0 Å². The number of ketones is 1. The largest absolute Gasteiger partial charge is 0.361 e.